The number of nitrogens with zero attached hydrogens (tertiary/aromatic N) is 3. The molecule has 1 unspecified atom stereocenters. The van der Waals surface area contributed by atoms with E-state index in [1.807, 2.05) is 12.4 Å². The van der Waals surface area contributed by atoms with Gasteiger partial charge in [0.25, 0.3) is 0 Å². The molecule has 1 N–H and O–H groups in total. The molecule has 1 atom stereocenters. The summed E-state index contributed by atoms with van der Waals surface area (Å²) >= 11 is 0. The molecule has 1 saturated heterocycles. The van der Waals surface area contributed by atoms with E-state index in [0.29, 0.717) is 5.41 Å². The predicted octanol–water partition coefficient (Wildman–Crippen LogP) is 1.88. The van der Waals surface area contributed by atoms with Crippen LogP contribution in [-0.4, -0.2) is 41.1 Å². The van der Waals surface area contributed by atoms with Crippen LogP contribution in [0.15, 0.2) is 12.4 Å². The first-order chi connectivity index (χ1) is 8.99. The lowest BCUT2D eigenvalue weighted by Gasteiger charge is -2.39. The third-order valence-electron chi connectivity index (χ3n) is 4.41. The van der Waals surface area contributed by atoms with Gasteiger partial charge < -0.3 is 9.88 Å². The van der Waals surface area contributed by atoms with Crippen LogP contribution in [0.4, 0.5) is 0 Å². The summed E-state index contributed by atoms with van der Waals surface area (Å²) in [5.41, 5.74) is 0.354. The zero-order valence-corrected chi connectivity index (χ0v) is 12.8. The van der Waals surface area contributed by atoms with Gasteiger partial charge >= 0.3 is 0 Å². The molecule has 2 heterocycles. The van der Waals surface area contributed by atoms with Gasteiger partial charge in [-0.25, -0.2) is 4.98 Å². The number of aromatic nitrogens is 2. The molecule has 1 aliphatic heterocycles. The summed E-state index contributed by atoms with van der Waals surface area (Å²) in [7, 11) is 4.26. The Morgan fingerprint density at radius 1 is 1.53 bits per heavy atom. The maximum Gasteiger partial charge on any atom is 0.122 e. The Hall–Kier alpha value is -0.870. The maximum absolute atomic E-state index is 4.41. The predicted molar refractivity (Wildman–Crippen MR) is 78.9 cm³/mol. The van der Waals surface area contributed by atoms with Gasteiger partial charge in [-0.15, -0.1) is 0 Å². The molecule has 1 aromatic heterocycles. The lowest BCUT2D eigenvalue weighted by molar-refractivity contribution is 0.109. The van der Waals surface area contributed by atoms with Crippen molar-refractivity contribution in [3.63, 3.8) is 0 Å². The van der Waals surface area contributed by atoms with Crippen molar-refractivity contribution in [3.05, 3.63) is 18.2 Å². The van der Waals surface area contributed by atoms with E-state index in [1.165, 1.54) is 25.9 Å². The van der Waals surface area contributed by atoms with Crippen LogP contribution in [0.1, 0.15) is 32.5 Å². The molecule has 0 aliphatic carbocycles. The zero-order chi connectivity index (χ0) is 13.9. The highest BCUT2D eigenvalue weighted by atomic mass is 15.2. The topological polar surface area (TPSA) is 33.1 Å². The largest absolute Gasteiger partial charge is 0.337 e. The van der Waals surface area contributed by atoms with Crippen LogP contribution in [0.2, 0.25) is 0 Å². The van der Waals surface area contributed by atoms with Crippen LogP contribution < -0.4 is 5.32 Å². The van der Waals surface area contributed by atoms with E-state index in [1.54, 1.807) is 0 Å². The maximum atomic E-state index is 4.41. The van der Waals surface area contributed by atoms with Crippen molar-refractivity contribution in [2.75, 3.05) is 26.7 Å². The summed E-state index contributed by atoms with van der Waals surface area (Å²) in [6.45, 7) is 9.21. The van der Waals surface area contributed by atoms with E-state index in [0.717, 1.165) is 24.8 Å². The van der Waals surface area contributed by atoms with Gasteiger partial charge in [0.15, 0.2) is 0 Å². The molecule has 0 radical (unpaired) electrons. The number of piperidine rings is 1. The molecule has 1 fully saturated rings. The minimum atomic E-state index is 0.354. The van der Waals surface area contributed by atoms with Gasteiger partial charge in [0.05, 0.1) is 6.54 Å². The Kier molecular flexibility index (Phi) is 4.63. The fourth-order valence-electron chi connectivity index (χ4n) is 3.19. The third-order valence-corrected chi connectivity index (χ3v) is 4.41. The summed E-state index contributed by atoms with van der Waals surface area (Å²) in [5.74, 6) is 1.92. The number of nitrogens with one attached hydrogen (secondary N) is 1. The van der Waals surface area contributed by atoms with E-state index < -0.39 is 0 Å². The average molecular weight is 264 g/mol. The quantitative estimate of drug-likeness (QED) is 0.881. The van der Waals surface area contributed by atoms with Gasteiger partial charge in [-0.3, -0.25) is 4.90 Å². The fourth-order valence-corrected chi connectivity index (χ4v) is 3.19. The van der Waals surface area contributed by atoms with E-state index in [4.69, 9.17) is 0 Å². The summed E-state index contributed by atoms with van der Waals surface area (Å²) < 4.78 is 2.10. The standard InChI is InChI=1S/C15H28N4/c1-15(2,13-6-5-7-16-10-13)12-18(3)11-14-17-8-9-19(14)4/h8-9,13,16H,5-7,10-12H2,1-4H3. The van der Waals surface area contributed by atoms with Gasteiger partial charge in [0.2, 0.25) is 0 Å². The lowest BCUT2D eigenvalue weighted by atomic mass is 9.74. The Morgan fingerprint density at radius 3 is 2.89 bits per heavy atom. The van der Waals surface area contributed by atoms with Crippen LogP contribution >= 0.6 is 0 Å². The summed E-state index contributed by atoms with van der Waals surface area (Å²) in [4.78, 5) is 6.81. The summed E-state index contributed by atoms with van der Waals surface area (Å²) in [6.07, 6.45) is 6.56. The van der Waals surface area contributed by atoms with Gasteiger partial charge in [-0.05, 0) is 44.3 Å². The molecule has 0 amide bonds. The average Bonchev–Trinajstić information content (AvgIpc) is 2.75. The molecule has 1 aliphatic rings. The monoisotopic (exact) mass is 264 g/mol. The minimum absolute atomic E-state index is 0.354. The first kappa shape index (κ1) is 14.5. The molecule has 0 aromatic carbocycles. The molecule has 0 saturated carbocycles. The van der Waals surface area contributed by atoms with Crippen molar-refractivity contribution in [1.82, 2.24) is 19.8 Å². The van der Waals surface area contributed by atoms with Crippen LogP contribution in [0.3, 0.4) is 0 Å². The fraction of sp³-hybridized carbons (Fsp3) is 0.800. The van der Waals surface area contributed by atoms with Gasteiger partial charge in [0.1, 0.15) is 5.82 Å². The van der Waals surface area contributed by atoms with E-state index in [2.05, 4.69) is 47.7 Å². The summed E-state index contributed by atoms with van der Waals surface area (Å²) in [5, 5.41) is 3.53. The highest BCUT2D eigenvalue weighted by Crippen LogP contribution is 2.32. The number of rotatable bonds is 5. The van der Waals surface area contributed by atoms with E-state index >= 15 is 0 Å². The van der Waals surface area contributed by atoms with E-state index in [9.17, 15) is 0 Å². The highest BCUT2D eigenvalue weighted by Gasteiger charge is 2.31. The van der Waals surface area contributed by atoms with Crippen molar-refractivity contribution in [1.29, 1.82) is 0 Å². The van der Waals surface area contributed by atoms with Crippen LogP contribution in [-0.2, 0) is 13.6 Å². The van der Waals surface area contributed by atoms with Crippen LogP contribution in [0, 0.1) is 11.3 Å². The molecule has 1 aromatic rings. The summed E-state index contributed by atoms with van der Waals surface area (Å²) in [6, 6.07) is 0. The molecular formula is C15H28N4. The number of imidazole rings is 1. The van der Waals surface area contributed by atoms with E-state index in [-0.39, 0.29) is 0 Å². The third kappa shape index (κ3) is 3.80. The van der Waals surface area contributed by atoms with Crippen molar-refractivity contribution in [2.24, 2.45) is 18.4 Å². The second kappa shape index (κ2) is 6.06. The molecule has 0 spiro atoms. The Morgan fingerprint density at radius 2 is 2.32 bits per heavy atom. The van der Waals surface area contributed by atoms with Crippen molar-refractivity contribution >= 4 is 0 Å². The van der Waals surface area contributed by atoms with Gasteiger partial charge in [-0.1, -0.05) is 13.8 Å². The number of hydrogen-bond donors (Lipinski definition) is 1. The molecule has 4 heteroatoms. The SMILES string of the molecule is CN(Cc1nccn1C)CC(C)(C)C1CCCNC1. The second-order valence-electron chi connectivity index (χ2n) is 6.66. The Balaban J connectivity index is 1.89. The minimum Gasteiger partial charge on any atom is -0.337 e. The smallest absolute Gasteiger partial charge is 0.122 e. The molecular weight excluding hydrogens is 236 g/mol. The normalized spacial score (nSPS) is 21.0. The molecule has 4 nitrogen and oxygen atoms in total. The van der Waals surface area contributed by atoms with Crippen molar-refractivity contribution in [2.45, 2.75) is 33.2 Å². The van der Waals surface area contributed by atoms with Crippen molar-refractivity contribution in [3.8, 4) is 0 Å². The molecule has 108 valence electrons. The Bertz CT molecular complexity index is 391. The van der Waals surface area contributed by atoms with Crippen LogP contribution in [0.25, 0.3) is 0 Å². The first-order valence-corrected chi connectivity index (χ1v) is 7.34. The number of hydrogen-bond acceptors (Lipinski definition) is 3. The molecule has 2 rings (SSSR count). The first-order valence-electron chi connectivity index (χ1n) is 7.34. The molecule has 0 bridgehead atoms. The molecule has 19 heavy (non-hydrogen) atoms. The highest BCUT2D eigenvalue weighted by molar-refractivity contribution is 4.92. The number of aryl methyl sites for hydroxylation is 1. The zero-order valence-electron chi connectivity index (χ0n) is 12.8. The lowest BCUT2D eigenvalue weighted by Crippen LogP contribution is -2.43. The van der Waals surface area contributed by atoms with Crippen molar-refractivity contribution < 1.29 is 0 Å². The van der Waals surface area contributed by atoms with Gasteiger partial charge in [0, 0.05) is 26.0 Å². The van der Waals surface area contributed by atoms with Crippen LogP contribution in [0.5, 0.6) is 0 Å². The van der Waals surface area contributed by atoms with Gasteiger partial charge in [-0.2, -0.15) is 0 Å². The Labute approximate surface area is 117 Å². The second-order valence-corrected chi connectivity index (χ2v) is 6.66.